The third-order valence-electron chi connectivity index (χ3n) is 3.50. The smallest absolute Gasteiger partial charge is 0.309 e. The van der Waals surface area contributed by atoms with Gasteiger partial charge in [-0.25, -0.2) is 0 Å². The van der Waals surface area contributed by atoms with E-state index in [2.05, 4.69) is 0 Å². The van der Waals surface area contributed by atoms with Crippen LogP contribution in [-0.2, 0) is 14.1 Å². The van der Waals surface area contributed by atoms with Gasteiger partial charge in [-0.1, -0.05) is 45.9 Å². The van der Waals surface area contributed by atoms with Crippen LogP contribution in [0.4, 0.5) is 0 Å². The molecule has 1 unspecified atom stereocenters. The minimum absolute atomic E-state index is 0.0794. The Labute approximate surface area is 144 Å². The summed E-state index contributed by atoms with van der Waals surface area (Å²) in [4.78, 5) is 12.1. The molecule has 0 aliphatic carbocycles. The first-order valence-electron chi connectivity index (χ1n) is 8.07. The lowest BCUT2D eigenvalue weighted by molar-refractivity contribution is -0.153. The lowest BCUT2D eigenvalue weighted by Gasteiger charge is -2.32. The van der Waals surface area contributed by atoms with Crippen molar-refractivity contribution in [2.45, 2.75) is 52.3 Å². The molecule has 2 atom stereocenters. The predicted octanol–water partition coefficient (Wildman–Crippen LogP) is 4.09. The second-order valence-corrected chi connectivity index (χ2v) is 11.0. The summed E-state index contributed by atoms with van der Waals surface area (Å²) >= 11 is 0. The number of rotatable bonds is 7. The second kappa shape index (κ2) is 7.71. The molecule has 0 aliphatic rings. The van der Waals surface area contributed by atoms with E-state index in [1.807, 2.05) is 39.0 Å². The summed E-state index contributed by atoms with van der Waals surface area (Å²) < 4.78 is 24.4. The van der Waals surface area contributed by atoms with Gasteiger partial charge in [0.15, 0.2) is 0 Å². The van der Waals surface area contributed by atoms with Crippen molar-refractivity contribution in [1.82, 2.24) is 0 Å². The molecule has 0 saturated carbocycles. The molecule has 0 bridgehead atoms. The van der Waals surface area contributed by atoms with E-state index in [1.54, 1.807) is 32.9 Å². The minimum Gasteiger partial charge on any atom is -0.462 e. The third kappa shape index (κ3) is 6.29. The number of hydrogen-bond acceptors (Lipinski definition) is 5. The summed E-state index contributed by atoms with van der Waals surface area (Å²) in [5, 5.41) is 9.03. The zero-order chi connectivity index (χ0) is 18.6. The van der Waals surface area contributed by atoms with Crippen molar-refractivity contribution in [2.75, 3.05) is 12.8 Å². The molecule has 0 aliphatic heterocycles. The summed E-state index contributed by atoms with van der Waals surface area (Å²) in [5.74, 6) is -0.563. The fourth-order valence-electron chi connectivity index (χ4n) is 1.92. The molecule has 1 N–H and O–H groups in total. The molecule has 0 amide bonds. The Hall–Kier alpha value is -1.32. The standard InChI is InChI=1S/C18H29O5P/c1-14(16(19)22-13-18(5,6)20)12-24(21,17(2,3)4)23-15-10-8-7-9-11-15/h7-11,14,20H,12-13H2,1-6H3/t14-,24?/m1/s1. The number of esters is 1. The van der Waals surface area contributed by atoms with E-state index in [1.165, 1.54) is 0 Å². The van der Waals surface area contributed by atoms with Crippen LogP contribution in [0.1, 0.15) is 41.5 Å². The summed E-state index contributed by atoms with van der Waals surface area (Å²) in [6.07, 6.45) is 0.0794. The number of carbonyl (C=O) groups excluding carboxylic acids is 1. The lowest BCUT2D eigenvalue weighted by Crippen LogP contribution is -2.32. The number of para-hydroxylation sites is 1. The summed E-state index contributed by atoms with van der Waals surface area (Å²) in [6, 6.07) is 8.96. The highest BCUT2D eigenvalue weighted by Gasteiger charge is 2.42. The van der Waals surface area contributed by atoms with Gasteiger partial charge in [0.05, 0.1) is 11.5 Å². The van der Waals surface area contributed by atoms with E-state index in [9.17, 15) is 14.5 Å². The Morgan fingerprint density at radius 1 is 1.17 bits per heavy atom. The Kier molecular flexibility index (Phi) is 6.66. The SMILES string of the molecule is C[C@H](CP(=O)(Oc1ccccc1)C(C)(C)C)C(=O)OCC(C)(C)O. The molecule has 24 heavy (non-hydrogen) atoms. The van der Waals surface area contributed by atoms with Crippen molar-refractivity contribution < 1.29 is 23.7 Å². The summed E-state index contributed by atoms with van der Waals surface area (Å²) in [7, 11) is -3.16. The molecule has 0 fully saturated rings. The van der Waals surface area contributed by atoms with Gasteiger partial charge in [0.1, 0.15) is 12.4 Å². The van der Waals surface area contributed by atoms with Crippen LogP contribution in [0.25, 0.3) is 0 Å². The molecule has 0 heterocycles. The fourth-order valence-corrected chi connectivity index (χ4v) is 4.15. The van der Waals surface area contributed by atoms with E-state index < -0.39 is 30.0 Å². The molecule has 6 heteroatoms. The Morgan fingerprint density at radius 2 is 1.71 bits per heavy atom. The highest BCUT2D eigenvalue weighted by Crippen LogP contribution is 2.59. The van der Waals surface area contributed by atoms with Gasteiger partial charge in [-0.15, -0.1) is 0 Å². The molecule has 0 radical (unpaired) electrons. The maximum Gasteiger partial charge on any atom is 0.309 e. The quantitative estimate of drug-likeness (QED) is 0.588. The van der Waals surface area contributed by atoms with E-state index >= 15 is 0 Å². The Bertz CT molecular complexity index is 584. The van der Waals surface area contributed by atoms with Crippen LogP contribution >= 0.6 is 7.37 Å². The molecular formula is C18H29O5P. The molecule has 0 spiro atoms. The molecule has 5 nitrogen and oxygen atoms in total. The zero-order valence-corrected chi connectivity index (χ0v) is 16.3. The van der Waals surface area contributed by atoms with Crippen molar-refractivity contribution in [3.8, 4) is 5.75 Å². The van der Waals surface area contributed by atoms with Crippen molar-refractivity contribution in [1.29, 1.82) is 0 Å². The predicted molar refractivity (Wildman–Crippen MR) is 95.7 cm³/mol. The maximum absolute atomic E-state index is 13.4. The molecule has 136 valence electrons. The van der Waals surface area contributed by atoms with Gasteiger partial charge in [0.25, 0.3) is 7.37 Å². The van der Waals surface area contributed by atoms with Crippen molar-refractivity contribution in [2.24, 2.45) is 5.92 Å². The maximum atomic E-state index is 13.4. The monoisotopic (exact) mass is 356 g/mol. The first kappa shape index (κ1) is 20.7. The van der Waals surface area contributed by atoms with E-state index in [4.69, 9.17) is 9.26 Å². The average molecular weight is 356 g/mol. The first-order valence-corrected chi connectivity index (χ1v) is 9.88. The molecule has 1 aromatic rings. The molecular weight excluding hydrogens is 327 g/mol. The second-order valence-electron chi connectivity index (χ2n) is 7.75. The topological polar surface area (TPSA) is 72.8 Å². The number of benzene rings is 1. The third-order valence-corrected chi connectivity index (χ3v) is 7.08. The van der Waals surface area contributed by atoms with Gasteiger partial charge in [0.2, 0.25) is 0 Å². The van der Waals surface area contributed by atoms with Crippen LogP contribution in [-0.4, -0.2) is 34.6 Å². The highest BCUT2D eigenvalue weighted by atomic mass is 31.2. The molecule has 0 aromatic heterocycles. The van der Waals surface area contributed by atoms with Gasteiger partial charge < -0.3 is 14.4 Å². The summed E-state index contributed by atoms with van der Waals surface area (Å²) in [6.45, 7) is 10.2. The van der Waals surface area contributed by atoms with Crippen molar-refractivity contribution >= 4 is 13.3 Å². The number of carbonyl (C=O) groups is 1. The number of ether oxygens (including phenoxy) is 1. The number of aliphatic hydroxyl groups is 1. The van der Waals surface area contributed by atoms with Gasteiger partial charge in [-0.3, -0.25) is 9.36 Å². The Balaban J connectivity index is 2.86. The Morgan fingerprint density at radius 3 is 2.17 bits per heavy atom. The molecule has 0 saturated heterocycles. The van der Waals surface area contributed by atoms with Gasteiger partial charge >= 0.3 is 5.97 Å². The zero-order valence-electron chi connectivity index (χ0n) is 15.4. The van der Waals surface area contributed by atoms with Crippen molar-refractivity contribution in [3.63, 3.8) is 0 Å². The van der Waals surface area contributed by atoms with Crippen molar-refractivity contribution in [3.05, 3.63) is 30.3 Å². The highest BCUT2D eigenvalue weighted by molar-refractivity contribution is 7.61. The van der Waals surface area contributed by atoms with Crippen LogP contribution in [0.2, 0.25) is 0 Å². The van der Waals surface area contributed by atoms with Gasteiger partial charge in [-0.05, 0) is 26.0 Å². The van der Waals surface area contributed by atoms with Crippen LogP contribution in [0.3, 0.4) is 0 Å². The normalized spacial score (nSPS) is 16.1. The van der Waals surface area contributed by atoms with Crippen LogP contribution < -0.4 is 4.52 Å². The average Bonchev–Trinajstić information content (AvgIpc) is 2.43. The number of hydrogen-bond donors (Lipinski definition) is 1. The van der Waals surface area contributed by atoms with Gasteiger partial charge in [0, 0.05) is 11.3 Å². The minimum atomic E-state index is -3.16. The van der Waals surface area contributed by atoms with E-state index in [0.29, 0.717) is 5.75 Å². The molecule has 1 rings (SSSR count). The summed E-state index contributed by atoms with van der Waals surface area (Å²) in [5.41, 5.74) is -1.09. The van der Waals surface area contributed by atoms with Crippen LogP contribution in [0.15, 0.2) is 30.3 Å². The fraction of sp³-hybridized carbons (Fsp3) is 0.611. The van der Waals surface area contributed by atoms with Crippen LogP contribution in [0, 0.1) is 5.92 Å². The lowest BCUT2D eigenvalue weighted by atomic mass is 10.1. The molecule has 1 aromatic carbocycles. The largest absolute Gasteiger partial charge is 0.462 e. The van der Waals surface area contributed by atoms with E-state index in [-0.39, 0.29) is 12.8 Å². The van der Waals surface area contributed by atoms with Crippen LogP contribution in [0.5, 0.6) is 5.75 Å². The van der Waals surface area contributed by atoms with Gasteiger partial charge in [-0.2, -0.15) is 0 Å². The first-order chi connectivity index (χ1) is 10.8. The van der Waals surface area contributed by atoms with E-state index in [0.717, 1.165) is 0 Å².